The Kier molecular flexibility index (Phi) is 4.36. The first-order chi connectivity index (χ1) is 9.06. The van der Waals surface area contributed by atoms with E-state index in [0.29, 0.717) is 10.8 Å². The summed E-state index contributed by atoms with van der Waals surface area (Å²) in [6, 6.07) is 0. The van der Waals surface area contributed by atoms with Crippen LogP contribution in [0.15, 0.2) is 5.38 Å². The molecule has 1 fully saturated rings. The summed E-state index contributed by atoms with van der Waals surface area (Å²) < 4.78 is 0. The number of rotatable bonds is 4. The topological polar surface area (TPSA) is 79.5 Å². The minimum atomic E-state index is -0.113. The van der Waals surface area contributed by atoms with Gasteiger partial charge in [-0.3, -0.25) is 9.59 Å². The van der Waals surface area contributed by atoms with E-state index in [-0.39, 0.29) is 24.8 Å². The van der Waals surface area contributed by atoms with Crippen LogP contribution in [0.4, 0.5) is 5.13 Å². The maximum absolute atomic E-state index is 12.0. The summed E-state index contributed by atoms with van der Waals surface area (Å²) in [7, 11) is 1.64. The lowest BCUT2D eigenvalue weighted by Crippen LogP contribution is -2.40. The van der Waals surface area contributed by atoms with Gasteiger partial charge in [0, 0.05) is 25.5 Å². The van der Waals surface area contributed by atoms with Crippen LogP contribution in [0.3, 0.4) is 0 Å². The summed E-state index contributed by atoms with van der Waals surface area (Å²) >= 11 is 1.31. The summed E-state index contributed by atoms with van der Waals surface area (Å²) in [5.41, 5.74) is 6.18. The van der Waals surface area contributed by atoms with E-state index < -0.39 is 0 Å². The molecule has 7 heteroatoms. The number of likely N-dealkylation sites (N-methyl/N-ethyl adjacent to an activating group) is 1. The highest BCUT2D eigenvalue weighted by Crippen LogP contribution is 2.12. The number of hydrogen-bond donors (Lipinski definition) is 1. The first kappa shape index (κ1) is 13.8. The van der Waals surface area contributed by atoms with E-state index in [2.05, 4.69) is 4.98 Å². The van der Waals surface area contributed by atoms with Gasteiger partial charge in [-0.1, -0.05) is 0 Å². The van der Waals surface area contributed by atoms with E-state index in [9.17, 15) is 9.59 Å². The van der Waals surface area contributed by atoms with Crippen LogP contribution in [-0.2, 0) is 16.0 Å². The van der Waals surface area contributed by atoms with Crippen molar-refractivity contribution in [3.05, 3.63) is 11.1 Å². The number of likely N-dealkylation sites (tertiary alicyclic amines) is 1. The van der Waals surface area contributed by atoms with Crippen LogP contribution in [0.1, 0.15) is 18.5 Å². The molecule has 1 aromatic heterocycles. The maximum Gasteiger partial charge on any atom is 0.242 e. The van der Waals surface area contributed by atoms with Gasteiger partial charge >= 0.3 is 0 Å². The molecule has 2 rings (SSSR count). The van der Waals surface area contributed by atoms with Crippen LogP contribution in [-0.4, -0.2) is 53.3 Å². The van der Waals surface area contributed by atoms with Crippen molar-refractivity contribution in [3.63, 3.8) is 0 Å². The second kappa shape index (κ2) is 6.01. The van der Waals surface area contributed by atoms with Gasteiger partial charge in [-0.25, -0.2) is 4.98 Å². The lowest BCUT2D eigenvalue weighted by molar-refractivity contribution is -0.138. The molecule has 2 N–H and O–H groups in total. The third kappa shape index (κ3) is 3.66. The van der Waals surface area contributed by atoms with Crippen LogP contribution in [0.2, 0.25) is 0 Å². The summed E-state index contributed by atoms with van der Waals surface area (Å²) in [4.78, 5) is 31.2. The van der Waals surface area contributed by atoms with Crippen molar-refractivity contribution < 1.29 is 9.59 Å². The van der Waals surface area contributed by atoms with E-state index in [4.69, 9.17) is 5.73 Å². The minimum Gasteiger partial charge on any atom is -0.375 e. The van der Waals surface area contributed by atoms with Crippen molar-refractivity contribution in [2.45, 2.75) is 19.3 Å². The fourth-order valence-electron chi connectivity index (χ4n) is 2.05. The molecule has 0 spiro atoms. The molecule has 1 aliphatic heterocycles. The molecule has 0 unspecified atom stereocenters. The van der Waals surface area contributed by atoms with Crippen molar-refractivity contribution in [1.29, 1.82) is 0 Å². The average molecular weight is 282 g/mol. The summed E-state index contributed by atoms with van der Waals surface area (Å²) in [5.74, 6) is -0.0935. The third-order valence-electron chi connectivity index (χ3n) is 3.16. The molecule has 0 radical (unpaired) electrons. The van der Waals surface area contributed by atoms with Crippen LogP contribution >= 0.6 is 11.3 Å². The van der Waals surface area contributed by atoms with Crippen molar-refractivity contribution in [2.75, 3.05) is 32.4 Å². The number of carbonyl (C=O) groups excluding carboxylic acids is 2. The van der Waals surface area contributed by atoms with Gasteiger partial charge in [0.2, 0.25) is 11.8 Å². The fourth-order valence-corrected chi connectivity index (χ4v) is 2.61. The van der Waals surface area contributed by atoms with Gasteiger partial charge in [-0.15, -0.1) is 11.3 Å². The predicted molar refractivity (Wildman–Crippen MR) is 73.7 cm³/mol. The molecule has 0 saturated carbocycles. The van der Waals surface area contributed by atoms with E-state index in [1.807, 2.05) is 4.90 Å². The number of anilines is 1. The van der Waals surface area contributed by atoms with Crippen LogP contribution in [0.5, 0.6) is 0 Å². The highest BCUT2D eigenvalue weighted by molar-refractivity contribution is 7.13. The summed E-state index contributed by atoms with van der Waals surface area (Å²) in [6.45, 7) is 1.76. The Labute approximate surface area is 116 Å². The first-order valence-electron chi connectivity index (χ1n) is 6.28. The highest BCUT2D eigenvalue weighted by Gasteiger charge is 2.21. The number of thiazole rings is 1. The molecule has 2 heterocycles. The predicted octanol–water partition coefficient (Wildman–Crippen LogP) is 0.349. The standard InChI is InChI=1S/C12H18N4O2S/c1-15(7-11(18)16-4-2-3-5-16)10(17)6-9-8-19-12(13)14-9/h8H,2-7H2,1H3,(H2,13,14). The number of amides is 2. The molecule has 2 amide bonds. The summed E-state index contributed by atoms with van der Waals surface area (Å²) in [6.07, 6.45) is 2.31. The molecule has 0 atom stereocenters. The van der Waals surface area contributed by atoms with Crippen molar-refractivity contribution in [3.8, 4) is 0 Å². The Morgan fingerprint density at radius 1 is 1.47 bits per heavy atom. The molecule has 0 aliphatic carbocycles. The molecular weight excluding hydrogens is 264 g/mol. The molecule has 1 saturated heterocycles. The Hall–Kier alpha value is -1.63. The number of nitrogen functional groups attached to an aromatic ring is 1. The third-order valence-corrected chi connectivity index (χ3v) is 3.88. The van der Waals surface area contributed by atoms with E-state index in [1.165, 1.54) is 16.2 Å². The van der Waals surface area contributed by atoms with E-state index in [0.717, 1.165) is 25.9 Å². The molecular formula is C12H18N4O2S. The Morgan fingerprint density at radius 3 is 2.74 bits per heavy atom. The quantitative estimate of drug-likeness (QED) is 0.864. The minimum absolute atomic E-state index is 0.0196. The normalized spacial score (nSPS) is 14.7. The van der Waals surface area contributed by atoms with Crippen molar-refractivity contribution in [2.24, 2.45) is 0 Å². The van der Waals surface area contributed by atoms with Gasteiger partial charge in [0.05, 0.1) is 18.7 Å². The fraction of sp³-hybridized carbons (Fsp3) is 0.583. The van der Waals surface area contributed by atoms with E-state index in [1.54, 1.807) is 12.4 Å². The first-order valence-corrected chi connectivity index (χ1v) is 7.16. The zero-order chi connectivity index (χ0) is 13.8. The molecule has 19 heavy (non-hydrogen) atoms. The van der Waals surface area contributed by atoms with Crippen LogP contribution < -0.4 is 5.73 Å². The monoisotopic (exact) mass is 282 g/mol. The van der Waals surface area contributed by atoms with Crippen molar-refractivity contribution >= 4 is 28.3 Å². The number of aromatic nitrogens is 1. The molecule has 104 valence electrons. The zero-order valence-electron chi connectivity index (χ0n) is 11.0. The molecule has 1 aliphatic rings. The Morgan fingerprint density at radius 2 is 2.16 bits per heavy atom. The molecule has 1 aromatic rings. The van der Waals surface area contributed by atoms with Crippen LogP contribution in [0, 0.1) is 0 Å². The number of nitrogens with zero attached hydrogens (tertiary/aromatic N) is 3. The van der Waals surface area contributed by atoms with Gasteiger partial charge in [0.15, 0.2) is 5.13 Å². The molecule has 0 aromatic carbocycles. The van der Waals surface area contributed by atoms with Crippen LogP contribution in [0.25, 0.3) is 0 Å². The smallest absolute Gasteiger partial charge is 0.242 e. The van der Waals surface area contributed by atoms with E-state index >= 15 is 0 Å². The number of carbonyl (C=O) groups is 2. The van der Waals surface area contributed by atoms with Gasteiger partial charge in [-0.05, 0) is 12.8 Å². The van der Waals surface area contributed by atoms with Gasteiger partial charge in [0.1, 0.15) is 0 Å². The van der Waals surface area contributed by atoms with Gasteiger partial charge in [0.25, 0.3) is 0 Å². The van der Waals surface area contributed by atoms with Gasteiger partial charge < -0.3 is 15.5 Å². The highest BCUT2D eigenvalue weighted by atomic mass is 32.1. The number of hydrogen-bond acceptors (Lipinski definition) is 5. The second-order valence-electron chi connectivity index (χ2n) is 4.69. The Bertz CT molecular complexity index is 468. The molecule has 0 bridgehead atoms. The SMILES string of the molecule is CN(CC(=O)N1CCCC1)C(=O)Cc1csc(N)n1. The zero-order valence-corrected chi connectivity index (χ0v) is 11.8. The summed E-state index contributed by atoms with van der Waals surface area (Å²) in [5, 5.41) is 2.22. The number of nitrogens with two attached hydrogens (primary N) is 1. The van der Waals surface area contributed by atoms with Gasteiger partial charge in [-0.2, -0.15) is 0 Å². The second-order valence-corrected chi connectivity index (χ2v) is 5.58. The maximum atomic E-state index is 12.0. The molecule has 6 nitrogen and oxygen atoms in total. The lowest BCUT2D eigenvalue weighted by atomic mass is 10.3. The lowest BCUT2D eigenvalue weighted by Gasteiger charge is -2.21. The van der Waals surface area contributed by atoms with Crippen molar-refractivity contribution in [1.82, 2.24) is 14.8 Å². The average Bonchev–Trinajstić information content (AvgIpc) is 3.00. The largest absolute Gasteiger partial charge is 0.375 e. The Balaban J connectivity index is 1.83.